The van der Waals surface area contributed by atoms with Crippen molar-refractivity contribution < 1.29 is 14.2 Å². The van der Waals surface area contributed by atoms with Crippen molar-refractivity contribution in [1.82, 2.24) is 4.57 Å². The van der Waals surface area contributed by atoms with Crippen LogP contribution in [0.25, 0.3) is 5.65 Å². The van der Waals surface area contributed by atoms with Gasteiger partial charge in [0.15, 0.2) is 5.76 Å². The lowest BCUT2D eigenvalue weighted by Crippen LogP contribution is -2.40. The van der Waals surface area contributed by atoms with Gasteiger partial charge in [-0.15, -0.1) is 0 Å². The molecule has 0 radical (unpaired) electrons. The van der Waals surface area contributed by atoms with Crippen molar-refractivity contribution >= 4 is 5.65 Å². The Balaban J connectivity index is 2.97. The summed E-state index contributed by atoms with van der Waals surface area (Å²) in [7, 11) is 0. The number of hydrogen-bond acceptors (Lipinski definition) is 3. The quantitative estimate of drug-likeness (QED) is 0.579. The van der Waals surface area contributed by atoms with Crippen LogP contribution in [0.1, 0.15) is 12.7 Å². The first-order valence-corrected chi connectivity index (χ1v) is 4.37. The third kappa shape index (κ3) is 1.09. The Hall–Kier alpha value is -1.78. The van der Waals surface area contributed by atoms with Gasteiger partial charge in [0.2, 0.25) is 0 Å². The second kappa shape index (κ2) is 2.87. The molecule has 5 heteroatoms. The molecular weight excluding hydrogens is 184 g/mol. The van der Waals surface area contributed by atoms with E-state index in [1.165, 1.54) is 4.57 Å². The smallest absolute Gasteiger partial charge is 0.377 e. The highest BCUT2D eigenvalue weighted by molar-refractivity contribution is 5.31. The molecule has 5 nitrogen and oxygen atoms in total. The van der Waals surface area contributed by atoms with Crippen LogP contribution in [0.5, 0.6) is 5.88 Å². The number of nitrogens with zero attached hydrogens (tertiary/aromatic N) is 2. The first-order valence-electron chi connectivity index (χ1n) is 4.37. The Labute approximate surface area is 79.8 Å². The highest BCUT2D eigenvalue weighted by Gasteiger charge is 2.15. The average molecular weight is 194 g/mol. The predicted molar refractivity (Wildman–Crippen MR) is 46.0 cm³/mol. The number of rotatable bonds is 1. The molecule has 0 amide bonds. The molecule has 0 fully saturated rings. The zero-order valence-corrected chi connectivity index (χ0v) is 7.98. The fraction of sp³-hybridized carbons (Fsp3) is 0.333. The van der Waals surface area contributed by atoms with Crippen LogP contribution in [0.2, 0.25) is 0 Å². The van der Waals surface area contributed by atoms with Gasteiger partial charge in [0.1, 0.15) is 0 Å². The van der Waals surface area contributed by atoms with E-state index < -0.39 is 5.56 Å². The zero-order chi connectivity index (χ0) is 10.3. The number of aryl methyl sites for hydroxylation is 2. The summed E-state index contributed by atoms with van der Waals surface area (Å²) in [4.78, 5) is 11.3. The van der Waals surface area contributed by atoms with Gasteiger partial charge in [0.05, 0.1) is 24.6 Å². The van der Waals surface area contributed by atoms with Gasteiger partial charge in [-0.25, -0.2) is 9.36 Å². The van der Waals surface area contributed by atoms with Gasteiger partial charge in [-0.05, 0) is 13.8 Å². The van der Waals surface area contributed by atoms with Gasteiger partial charge >= 0.3 is 11.2 Å². The van der Waals surface area contributed by atoms with Crippen molar-refractivity contribution in [3.8, 4) is 5.88 Å². The van der Waals surface area contributed by atoms with Gasteiger partial charge in [-0.1, -0.05) is 0 Å². The maximum atomic E-state index is 11.4. The maximum absolute atomic E-state index is 11.4. The number of hydrogen-bond donors (Lipinski definition) is 0. The standard InChI is InChI=1S/C9H10N2O3/c1-3-10-7-4-6(2)14-11(7)9(13)5-8(10)12/h4-5H,3H2,1-2H3. The van der Waals surface area contributed by atoms with Crippen LogP contribution in [0.4, 0.5) is 0 Å². The molecule has 0 N–H and O–H groups in total. The van der Waals surface area contributed by atoms with Gasteiger partial charge in [0.25, 0.3) is 0 Å². The molecule has 2 rings (SSSR count). The van der Waals surface area contributed by atoms with Gasteiger partial charge < -0.3 is 5.11 Å². The molecule has 0 atom stereocenters. The summed E-state index contributed by atoms with van der Waals surface area (Å²) in [5.74, 6) is 0.313. The van der Waals surface area contributed by atoms with E-state index in [4.69, 9.17) is 4.52 Å². The molecular formula is C9H10N2O3. The van der Waals surface area contributed by atoms with E-state index in [0.717, 1.165) is 10.6 Å². The van der Waals surface area contributed by atoms with E-state index >= 15 is 0 Å². The van der Waals surface area contributed by atoms with Crippen molar-refractivity contribution in [3.05, 3.63) is 28.2 Å². The maximum Gasteiger partial charge on any atom is 0.377 e. The molecule has 0 aliphatic rings. The SMILES string of the molecule is CC[n+]1c([O-])cc(=O)n2oc(C)cc21. The Kier molecular flexibility index (Phi) is 1.80. The minimum atomic E-state index is -0.428. The normalized spacial score (nSPS) is 11.0. The van der Waals surface area contributed by atoms with E-state index in [9.17, 15) is 9.90 Å². The highest BCUT2D eigenvalue weighted by atomic mass is 16.5. The molecule has 0 aliphatic carbocycles. The lowest BCUT2D eigenvalue weighted by Gasteiger charge is -2.06. The minimum Gasteiger partial charge on any atom is -0.842 e. The largest absolute Gasteiger partial charge is 0.842 e. The monoisotopic (exact) mass is 194 g/mol. The van der Waals surface area contributed by atoms with Crippen LogP contribution in [0, 0.1) is 6.92 Å². The number of aromatic nitrogens is 2. The second-order valence-corrected chi connectivity index (χ2v) is 3.06. The van der Waals surface area contributed by atoms with Gasteiger partial charge in [0, 0.05) is 4.57 Å². The molecule has 0 unspecified atom stereocenters. The summed E-state index contributed by atoms with van der Waals surface area (Å²) in [6.07, 6.45) is 0. The van der Waals surface area contributed by atoms with Crippen LogP contribution >= 0.6 is 0 Å². The Bertz CT molecular complexity index is 539. The first kappa shape index (κ1) is 8.80. The molecule has 0 aliphatic heterocycles. The van der Waals surface area contributed by atoms with Gasteiger partial charge in [-0.3, -0.25) is 4.52 Å². The van der Waals surface area contributed by atoms with Crippen molar-refractivity contribution in [2.75, 3.05) is 0 Å². The molecule has 2 heterocycles. The predicted octanol–water partition coefficient (Wildman–Crippen LogP) is -0.418. The fourth-order valence-electron chi connectivity index (χ4n) is 1.48. The van der Waals surface area contributed by atoms with Crippen molar-refractivity contribution in [1.29, 1.82) is 0 Å². The van der Waals surface area contributed by atoms with Crippen LogP contribution in [-0.2, 0) is 6.54 Å². The van der Waals surface area contributed by atoms with Crippen LogP contribution < -0.4 is 15.2 Å². The molecule has 0 spiro atoms. The van der Waals surface area contributed by atoms with E-state index in [0.29, 0.717) is 18.0 Å². The third-order valence-corrected chi connectivity index (χ3v) is 2.08. The van der Waals surface area contributed by atoms with Crippen molar-refractivity contribution in [2.24, 2.45) is 0 Å². The van der Waals surface area contributed by atoms with E-state index in [1.807, 2.05) is 6.92 Å². The Morgan fingerprint density at radius 2 is 2.29 bits per heavy atom. The molecule has 0 saturated heterocycles. The van der Waals surface area contributed by atoms with Crippen LogP contribution in [0.15, 0.2) is 21.5 Å². The average Bonchev–Trinajstić information content (AvgIpc) is 2.48. The molecule has 2 aromatic rings. The molecule has 0 saturated carbocycles. The van der Waals surface area contributed by atoms with Crippen molar-refractivity contribution in [2.45, 2.75) is 20.4 Å². The summed E-state index contributed by atoms with van der Waals surface area (Å²) < 4.78 is 7.75. The lowest BCUT2D eigenvalue weighted by molar-refractivity contribution is -0.713. The highest BCUT2D eigenvalue weighted by Crippen LogP contribution is 2.04. The van der Waals surface area contributed by atoms with E-state index in [2.05, 4.69) is 0 Å². The second-order valence-electron chi connectivity index (χ2n) is 3.06. The summed E-state index contributed by atoms with van der Waals surface area (Å²) >= 11 is 0. The van der Waals surface area contributed by atoms with Crippen LogP contribution in [0.3, 0.4) is 0 Å². The molecule has 14 heavy (non-hydrogen) atoms. The van der Waals surface area contributed by atoms with E-state index in [-0.39, 0.29) is 5.88 Å². The summed E-state index contributed by atoms with van der Waals surface area (Å²) in [6, 6.07) is 2.70. The topological polar surface area (TPSA) is 61.6 Å². The number of fused-ring (bicyclic) bond motifs is 1. The third-order valence-electron chi connectivity index (χ3n) is 2.08. The summed E-state index contributed by atoms with van der Waals surface area (Å²) in [5, 5.41) is 11.4. The molecule has 74 valence electrons. The fourth-order valence-corrected chi connectivity index (χ4v) is 1.48. The van der Waals surface area contributed by atoms with Gasteiger partial charge in [-0.2, -0.15) is 0 Å². The minimum absolute atomic E-state index is 0.293. The Morgan fingerprint density at radius 3 is 2.93 bits per heavy atom. The summed E-state index contributed by atoms with van der Waals surface area (Å²) in [5.41, 5.74) is 0.0744. The molecule has 0 bridgehead atoms. The first-order chi connectivity index (χ1) is 6.63. The Morgan fingerprint density at radius 1 is 1.57 bits per heavy atom. The van der Waals surface area contributed by atoms with Crippen molar-refractivity contribution in [3.63, 3.8) is 0 Å². The molecule has 2 aromatic heterocycles. The lowest BCUT2D eigenvalue weighted by atomic mass is 10.4. The van der Waals surface area contributed by atoms with E-state index in [1.54, 1.807) is 13.0 Å². The summed E-state index contributed by atoms with van der Waals surface area (Å²) in [6.45, 7) is 4.09. The molecule has 0 aromatic carbocycles. The zero-order valence-electron chi connectivity index (χ0n) is 7.98. The van der Waals surface area contributed by atoms with Crippen LogP contribution in [-0.4, -0.2) is 4.57 Å².